The SMILES string of the molecule is N#Cc1cccc(C(=O)N2C3CCC2CN(S(=O)(=O)C2CC2)C3)c1. The van der Waals surface area contributed by atoms with E-state index in [1.54, 1.807) is 28.6 Å². The molecule has 3 aliphatic rings. The summed E-state index contributed by atoms with van der Waals surface area (Å²) in [4.78, 5) is 14.7. The first-order valence-electron chi connectivity index (χ1n) is 8.32. The summed E-state index contributed by atoms with van der Waals surface area (Å²) in [6.45, 7) is 0.804. The summed E-state index contributed by atoms with van der Waals surface area (Å²) >= 11 is 0. The maximum Gasteiger partial charge on any atom is 0.254 e. The Bertz CT molecular complexity index is 812. The van der Waals surface area contributed by atoms with Crippen molar-refractivity contribution in [2.24, 2.45) is 0 Å². The van der Waals surface area contributed by atoms with Crippen LogP contribution in [0.15, 0.2) is 24.3 Å². The van der Waals surface area contributed by atoms with Gasteiger partial charge in [-0.2, -0.15) is 9.57 Å². The van der Waals surface area contributed by atoms with E-state index in [9.17, 15) is 13.2 Å². The van der Waals surface area contributed by atoms with Gasteiger partial charge in [0.05, 0.1) is 16.9 Å². The van der Waals surface area contributed by atoms with Gasteiger partial charge in [0, 0.05) is 30.7 Å². The molecule has 126 valence electrons. The molecule has 1 aromatic carbocycles. The molecule has 2 saturated heterocycles. The minimum Gasteiger partial charge on any atom is -0.330 e. The van der Waals surface area contributed by atoms with Gasteiger partial charge in [-0.05, 0) is 43.9 Å². The van der Waals surface area contributed by atoms with Crippen molar-refractivity contribution in [3.63, 3.8) is 0 Å². The molecule has 4 rings (SSSR count). The van der Waals surface area contributed by atoms with Crippen molar-refractivity contribution in [3.8, 4) is 6.07 Å². The molecule has 2 aliphatic heterocycles. The number of nitriles is 1. The van der Waals surface area contributed by atoms with E-state index in [1.165, 1.54) is 0 Å². The van der Waals surface area contributed by atoms with Gasteiger partial charge in [0.25, 0.3) is 5.91 Å². The third-order valence-corrected chi connectivity index (χ3v) is 7.56. The fraction of sp³-hybridized carbons (Fsp3) is 0.529. The second-order valence-electron chi connectivity index (χ2n) is 6.85. The van der Waals surface area contributed by atoms with Crippen LogP contribution in [0.4, 0.5) is 0 Å². The lowest BCUT2D eigenvalue weighted by molar-refractivity contribution is 0.0542. The highest BCUT2D eigenvalue weighted by Crippen LogP contribution is 2.37. The van der Waals surface area contributed by atoms with Crippen molar-refractivity contribution in [1.29, 1.82) is 5.26 Å². The van der Waals surface area contributed by atoms with E-state index in [1.807, 2.05) is 4.90 Å². The molecular formula is C17H19N3O3S. The summed E-state index contributed by atoms with van der Waals surface area (Å²) in [6.07, 6.45) is 3.20. The van der Waals surface area contributed by atoms with Crippen molar-refractivity contribution in [2.45, 2.75) is 43.0 Å². The van der Waals surface area contributed by atoms with E-state index in [0.29, 0.717) is 24.2 Å². The number of sulfonamides is 1. The van der Waals surface area contributed by atoms with E-state index < -0.39 is 10.0 Å². The molecule has 2 bridgehead atoms. The fourth-order valence-electron chi connectivity index (χ4n) is 3.85. The highest BCUT2D eigenvalue weighted by molar-refractivity contribution is 7.90. The highest BCUT2D eigenvalue weighted by Gasteiger charge is 2.49. The summed E-state index contributed by atoms with van der Waals surface area (Å²) in [7, 11) is -3.19. The molecule has 2 heterocycles. The van der Waals surface area contributed by atoms with Crippen molar-refractivity contribution >= 4 is 15.9 Å². The minimum absolute atomic E-state index is 0.0597. The summed E-state index contributed by atoms with van der Waals surface area (Å²) in [5, 5.41) is 8.80. The number of benzene rings is 1. The molecule has 0 aromatic heterocycles. The van der Waals surface area contributed by atoms with Crippen LogP contribution in [0.3, 0.4) is 0 Å². The zero-order chi connectivity index (χ0) is 16.9. The molecule has 1 aromatic rings. The normalized spacial score (nSPS) is 27.0. The first-order valence-corrected chi connectivity index (χ1v) is 9.83. The quantitative estimate of drug-likeness (QED) is 0.828. The van der Waals surface area contributed by atoms with Crippen LogP contribution < -0.4 is 0 Å². The van der Waals surface area contributed by atoms with Gasteiger partial charge in [0.1, 0.15) is 0 Å². The van der Waals surface area contributed by atoms with Crippen molar-refractivity contribution in [1.82, 2.24) is 9.21 Å². The molecule has 6 nitrogen and oxygen atoms in total. The maximum absolute atomic E-state index is 12.9. The largest absolute Gasteiger partial charge is 0.330 e. The Kier molecular flexibility index (Phi) is 3.62. The number of hydrogen-bond acceptors (Lipinski definition) is 4. The van der Waals surface area contributed by atoms with Crippen molar-refractivity contribution in [2.75, 3.05) is 13.1 Å². The van der Waals surface area contributed by atoms with Crippen LogP contribution >= 0.6 is 0 Å². The monoisotopic (exact) mass is 345 g/mol. The molecule has 0 spiro atoms. The molecule has 1 aliphatic carbocycles. The van der Waals surface area contributed by atoms with Gasteiger partial charge in [-0.3, -0.25) is 4.79 Å². The summed E-state index contributed by atoms with van der Waals surface area (Å²) in [5.41, 5.74) is 0.965. The third kappa shape index (κ3) is 2.50. The van der Waals surface area contributed by atoms with E-state index in [-0.39, 0.29) is 23.2 Å². The summed E-state index contributed by atoms with van der Waals surface area (Å²) in [6, 6.07) is 8.64. The van der Waals surface area contributed by atoms with E-state index >= 15 is 0 Å². The smallest absolute Gasteiger partial charge is 0.254 e. The molecule has 24 heavy (non-hydrogen) atoms. The number of rotatable bonds is 3. The molecule has 0 radical (unpaired) electrons. The fourth-order valence-corrected chi connectivity index (χ4v) is 5.76. The van der Waals surface area contributed by atoms with E-state index in [2.05, 4.69) is 6.07 Å². The molecule has 0 N–H and O–H groups in total. The number of piperazine rings is 1. The van der Waals surface area contributed by atoms with Crippen LogP contribution in [0.1, 0.15) is 41.6 Å². The Hall–Kier alpha value is -1.91. The average molecular weight is 345 g/mol. The van der Waals surface area contributed by atoms with Gasteiger partial charge in [0.15, 0.2) is 0 Å². The number of fused-ring (bicyclic) bond motifs is 2. The standard InChI is InChI=1S/C17H19N3O3S/c18-9-12-2-1-3-13(8-12)17(21)20-14-4-5-15(20)11-19(10-14)24(22,23)16-6-7-16/h1-3,8,14-16H,4-7,10-11H2. The lowest BCUT2D eigenvalue weighted by Crippen LogP contribution is -2.57. The Morgan fingerprint density at radius 3 is 2.38 bits per heavy atom. The first-order chi connectivity index (χ1) is 11.5. The van der Waals surface area contributed by atoms with Crippen LogP contribution in [0.25, 0.3) is 0 Å². The second kappa shape index (κ2) is 5.57. The van der Waals surface area contributed by atoms with Crippen molar-refractivity contribution in [3.05, 3.63) is 35.4 Å². The van der Waals surface area contributed by atoms with Crippen molar-refractivity contribution < 1.29 is 13.2 Å². The maximum atomic E-state index is 12.9. The molecule has 3 fully saturated rings. The highest BCUT2D eigenvalue weighted by atomic mass is 32.2. The minimum atomic E-state index is -3.19. The van der Waals surface area contributed by atoms with Gasteiger partial charge >= 0.3 is 0 Å². The van der Waals surface area contributed by atoms with Gasteiger partial charge < -0.3 is 4.90 Å². The molecule has 2 atom stereocenters. The molecule has 2 unspecified atom stereocenters. The Morgan fingerprint density at radius 2 is 1.79 bits per heavy atom. The van der Waals surface area contributed by atoms with E-state index in [0.717, 1.165) is 25.7 Å². The topological polar surface area (TPSA) is 81.5 Å². The average Bonchev–Trinajstić information content (AvgIpc) is 3.41. The van der Waals surface area contributed by atoms with Gasteiger partial charge in [-0.25, -0.2) is 8.42 Å². The number of carbonyl (C=O) groups is 1. The predicted octanol–water partition coefficient (Wildman–Crippen LogP) is 1.34. The third-order valence-electron chi connectivity index (χ3n) is 5.23. The molecular weight excluding hydrogens is 326 g/mol. The van der Waals surface area contributed by atoms with Gasteiger partial charge in [0.2, 0.25) is 10.0 Å². The number of hydrogen-bond donors (Lipinski definition) is 0. The molecule has 7 heteroatoms. The van der Waals surface area contributed by atoms with Gasteiger partial charge in [-0.1, -0.05) is 6.07 Å². The van der Waals surface area contributed by atoms with Crippen LogP contribution in [-0.2, 0) is 10.0 Å². The second-order valence-corrected chi connectivity index (χ2v) is 9.06. The summed E-state index contributed by atoms with van der Waals surface area (Å²) in [5.74, 6) is -0.0944. The van der Waals surface area contributed by atoms with Gasteiger partial charge in [-0.15, -0.1) is 0 Å². The Balaban J connectivity index is 1.56. The van der Waals surface area contributed by atoms with E-state index in [4.69, 9.17) is 5.26 Å². The van der Waals surface area contributed by atoms with Crippen LogP contribution in [0.5, 0.6) is 0 Å². The number of nitrogens with zero attached hydrogens (tertiary/aromatic N) is 3. The zero-order valence-electron chi connectivity index (χ0n) is 13.3. The number of carbonyl (C=O) groups excluding carboxylic acids is 1. The lowest BCUT2D eigenvalue weighted by Gasteiger charge is -2.40. The summed E-state index contributed by atoms with van der Waals surface area (Å²) < 4.78 is 26.6. The Labute approximate surface area is 141 Å². The number of amides is 1. The molecule has 1 amide bonds. The molecule has 1 saturated carbocycles. The zero-order valence-corrected chi connectivity index (χ0v) is 14.1. The predicted molar refractivity (Wildman–Crippen MR) is 87.7 cm³/mol. The first kappa shape index (κ1) is 15.6. The lowest BCUT2D eigenvalue weighted by atomic mass is 10.1. The van der Waals surface area contributed by atoms with Crippen LogP contribution in [-0.4, -0.2) is 54.0 Å². The van der Waals surface area contributed by atoms with Crippen LogP contribution in [0.2, 0.25) is 0 Å². The van der Waals surface area contributed by atoms with Crippen LogP contribution in [0, 0.1) is 11.3 Å². The Morgan fingerprint density at radius 1 is 1.12 bits per heavy atom.